The summed E-state index contributed by atoms with van der Waals surface area (Å²) in [5.74, 6) is 0. The molecule has 0 saturated heterocycles. The molecule has 1 atom stereocenters. The lowest BCUT2D eigenvalue weighted by molar-refractivity contribution is 0.467. The van der Waals surface area contributed by atoms with Gasteiger partial charge in [-0.15, -0.1) is 0 Å². The fraction of sp³-hybridized carbons (Fsp3) is 0.471. The van der Waals surface area contributed by atoms with Crippen LogP contribution in [0.5, 0.6) is 0 Å². The lowest BCUT2D eigenvalue weighted by atomic mass is 10.0. The summed E-state index contributed by atoms with van der Waals surface area (Å²) in [7, 11) is 0. The second-order valence-electron chi connectivity index (χ2n) is 5.21. The number of hydrogen-bond acceptors (Lipinski definition) is 2. The van der Waals surface area contributed by atoms with Gasteiger partial charge in [0.05, 0.1) is 5.69 Å². The number of rotatable bonds is 7. The number of aryl methyl sites for hydroxylation is 3. The average Bonchev–Trinajstić information content (AvgIpc) is 2.92. The van der Waals surface area contributed by atoms with Crippen LogP contribution in [0.1, 0.15) is 43.1 Å². The van der Waals surface area contributed by atoms with Crippen molar-refractivity contribution < 1.29 is 0 Å². The van der Waals surface area contributed by atoms with Gasteiger partial charge in [0.2, 0.25) is 0 Å². The van der Waals surface area contributed by atoms with Gasteiger partial charge in [-0.05, 0) is 44.9 Å². The second-order valence-corrected chi connectivity index (χ2v) is 5.21. The third-order valence-corrected chi connectivity index (χ3v) is 3.66. The third kappa shape index (κ3) is 3.70. The maximum atomic E-state index is 4.38. The maximum absolute atomic E-state index is 4.38. The summed E-state index contributed by atoms with van der Waals surface area (Å²) in [6.45, 7) is 8.35. The van der Waals surface area contributed by atoms with Crippen LogP contribution in [0, 0.1) is 6.92 Å². The Balaban J connectivity index is 2.06. The molecule has 1 N–H and O–H groups in total. The predicted molar refractivity (Wildman–Crippen MR) is 83.8 cm³/mol. The summed E-state index contributed by atoms with van der Waals surface area (Å²) in [6, 6.07) is 11.3. The predicted octanol–water partition coefficient (Wildman–Crippen LogP) is 3.49. The minimum absolute atomic E-state index is 0.378. The molecule has 1 unspecified atom stereocenters. The Hall–Kier alpha value is -1.61. The van der Waals surface area contributed by atoms with Crippen molar-refractivity contribution in [3.05, 3.63) is 53.3 Å². The van der Waals surface area contributed by atoms with Gasteiger partial charge in [-0.2, -0.15) is 5.10 Å². The van der Waals surface area contributed by atoms with Gasteiger partial charge < -0.3 is 5.32 Å². The van der Waals surface area contributed by atoms with Crippen molar-refractivity contribution in [3.63, 3.8) is 0 Å². The van der Waals surface area contributed by atoms with Crippen LogP contribution in [0.2, 0.25) is 0 Å². The molecule has 0 aliphatic rings. The Morgan fingerprint density at radius 1 is 1.25 bits per heavy atom. The SMILES string of the molecule is CCNC(CCc1cccc(C)c1)c1ccnn1CC. The number of aromatic nitrogens is 2. The van der Waals surface area contributed by atoms with E-state index in [1.54, 1.807) is 0 Å². The van der Waals surface area contributed by atoms with Gasteiger partial charge in [0.15, 0.2) is 0 Å². The second kappa shape index (κ2) is 7.25. The molecule has 2 aromatic rings. The highest BCUT2D eigenvalue weighted by Crippen LogP contribution is 2.19. The molecule has 1 aromatic heterocycles. The molecular weight excluding hydrogens is 246 g/mol. The Morgan fingerprint density at radius 3 is 2.80 bits per heavy atom. The van der Waals surface area contributed by atoms with Crippen LogP contribution in [0.15, 0.2) is 36.5 Å². The molecule has 1 heterocycles. The molecule has 1 aromatic carbocycles. The molecule has 0 saturated carbocycles. The van der Waals surface area contributed by atoms with Gasteiger partial charge in [-0.3, -0.25) is 4.68 Å². The first-order valence-corrected chi connectivity index (χ1v) is 7.55. The largest absolute Gasteiger partial charge is 0.309 e. The van der Waals surface area contributed by atoms with Crippen molar-refractivity contribution in [1.29, 1.82) is 0 Å². The van der Waals surface area contributed by atoms with Crippen LogP contribution < -0.4 is 5.32 Å². The average molecular weight is 271 g/mol. The lowest BCUT2D eigenvalue weighted by Gasteiger charge is -2.19. The van der Waals surface area contributed by atoms with Crippen LogP contribution >= 0.6 is 0 Å². The van der Waals surface area contributed by atoms with Crippen LogP contribution in [0.3, 0.4) is 0 Å². The zero-order valence-electron chi connectivity index (χ0n) is 12.8. The first-order chi connectivity index (χ1) is 9.74. The molecule has 0 amide bonds. The Bertz CT molecular complexity index is 531. The summed E-state index contributed by atoms with van der Waals surface area (Å²) >= 11 is 0. The zero-order chi connectivity index (χ0) is 14.4. The van der Waals surface area contributed by atoms with E-state index in [2.05, 4.69) is 66.2 Å². The van der Waals surface area contributed by atoms with E-state index in [0.29, 0.717) is 6.04 Å². The number of nitrogens with zero attached hydrogens (tertiary/aromatic N) is 2. The fourth-order valence-corrected chi connectivity index (χ4v) is 2.68. The van der Waals surface area contributed by atoms with Gasteiger partial charge in [-0.1, -0.05) is 36.8 Å². The quantitative estimate of drug-likeness (QED) is 0.835. The zero-order valence-corrected chi connectivity index (χ0v) is 12.8. The third-order valence-electron chi connectivity index (χ3n) is 3.66. The molecular formula is C17H25N3. The van der Waals surface area contributed by atoms with E-state index in [4.69, 9.17) is 0 Å². The van der Waals surface area contributed by atoms with Crippen molar-refractivity contribution >= 4 is 0 Å². The van der Waals surface area contributed by atoms with E-state index < -0.39 is 0 Å². The maximum Gasteiger partial charge on any atom is 0.0553 e. The Labute approximate surface area is 122 Å². The molecule has 0 radical (unpaired) electrons. The first kappa shape index (κ1) is 14.8. The summed E-state index contributed by atoms with van der Waals surface area (Å²) in [6.07, 6.45) is 4.09. The van der Waals surface area contributed by atoms with Crippen LogP contribution in [-0.4, -0.2) is 16.3 Å². The van der Waals surface area contributed by atoms with Crippen LogP contribution in [0.4, 0.5) is 0 Å². The molecule has 20 heavy (non-hydrogen) atoms. The summed E-state index contributed by atoms with van der Waals surface area (Å²) in [5.41, 5.74) is 4.04. The molecule has 0 fully saturated rings. The monoisotopic (exact) mass is 271 g/mol. The van der Waals surface area contributed by atoms with E-state index in [1.165, 1.54) is 16.8 Å². The van der Waals surface area contributed by atoms with E-state index in [0.717, 1.165) is 25.9 Å². The molecule has 3 nitrogen and oxygen atoms in total. The van der Waals surface area contributed by atoms with Crippen LogP contribution in [-0.2, 0) is 13.0 Å². The number of benzene rings is 1. The highest BCUT2D eigenvalue weighted by molar-refractivity contribution is 5.22. The highest BCUT2D eigenvalue weighted by Gasteiger charge is 2.14. The summed E-state index contributed by atoms with van der Waals surface area (Å²) < 4.78 is 2.09. The first-order valence-electron chi connectivity index (χ1n) is 7.55. The molecule has 0 spiro atoms. The van der Waals surface area contributed by atoms with Crippen molar-refractivity contribution in [2.75, 3.05) is 6.54 Å². The molecule has 108 valence electrons. The molecule has 0 bridgehead atoms. The van der Waals surface area contributed by atoms with Crippen molar-refractivity contribution in [2.24, 2.45) is 0 Å². The van der Waals surface area contributed by atoms with Crippen molar-refractivity contribution in [2.45, 2.75) is 46.2 Å². The van der Waals surface area contributed by atoms with E-state index in [1.807, 2.05) is 6.20 Å². The lowest BCUT2D eigenvalue weighted by Crippen LogP contribution is -2.24. The minimum atomic E-state index is 0.378. The van der Waals surface area contributed by atoms with Gasteiger partial charge in [-0.25, -0.2) is 0 Å². The van der Waals surface area contributed by atoms with Crippen LogP contribution in [0.25, 0.3) is 0 Å². The summed E-state index contributed by atoms with van der Waals surface area (Å²) in [5, 5.41) is 7.97. The number of nitrogens with one attached hydrogen (secondary N) is 1. The van der Waals surface area contributed by atoms with Crippen molar-refractivity contribution in [1.82, 2.24) is 15.1 Å². The molecule has 0 aliphatic heterocycles. The van der Waals surface area contributed by atoms with Gasteiger partial charge >= 0.3 is 0 Å². The normalized spacial score (nSPS) is 12.6. The molecule has 2 rings (SSSR count). The molecule has 0 aliphatic carbocycles. The van der Waals surface area contributed by atoms with E-state index >= 15 is 0 Å². The van der Waals surface area contributed by atoms with Crippen molar-refractivity contribution in [3.8, 4) is 0 Å². The van der Waals surface area contributed by atoms with Gasteiger partial charge in [0, 0.05) is 18.8 Å². The number of hydrogen-bond donors (Lipinski definition) is 1. The van der Waals surface area contributed by atoms with Gasteiger partial charge in [0.1, 0.15) is 0 Å². The minimum Gasteiger partial charge on any atom is -0.309 e. The van der Waals surface area contributed by atoms with Gasteiger partial charge in [0.25, 0.3) is 0 Å². The highest BCUT2D eigenvalue weighted by atomic mass is 15.3. The van der Waals surface area contributed by atoms with E-state index in [9.17, 15) is 0 Å². The summed E-state index contributed by atoms with van der Waals surface area (Å²) in [4.78, 5) is 0. The topological polar surface area (TPSA) is 29.9 Å². The standard InChI is InChI=1S/C17H25N3/c1-4-18-16(17-11-12-19-20(17)5-2)10-9-15-8-6-7-14(3)13-15/h6-8,11-13,16,18H,4-5,9-10H2,1-3H3. The smallest absolute Gasteiger partial charge is 0.0553 e. The van der Waals surface area contributed by atoms with E-state index in [-0.39, 0.29) is 0 Å². The fourth-order valence-electron chi connectivity index (χ4n) is 2.68. The molecule has 3 heteroatoms. The Kier molecular flexibility index (Phi) is 5.36. The Morgan fingerprint density at radius 2 is 2.10 bits per heavy atom.